The molecule has 3 aromatic carbocycles. The fourth-order valence-corrected chi connectivity index (χ4v) is 3.82. The second-order valence-corrected chi connectivity index (χ2v) is 8.28. The number of ether oxygens (including phenoxy) is 1. The first-order valence-electron chi connectivity index (χ1n) is 9.66. The lowest BCUT2D eigenvalue weighted by molar-refractivity contribution is 0.158. The van der Waals surface area contributed by atoms with Crippen LogP contribution in [-0.4, -0.2) is 12.7 Å². The van der Waals surface area contributed by atoms with Crippen molar-refractivity contribution in [3.63, 3.8) is 0 Å². The van der Waals surface area contributed by atoms with Gasteiger partial charge in [0.05, 0.1) is 0 Å². The van der Waals surface area contributed by atoms with Gasteiger partial charge in [-0.15, -0.1) is 0 Å². The minimum atomic E-state index is -0.423. The summed E-state index contributed by atoms with van der Waals surface area (Å²) in [5.41, 5.74) is 6.83. The molecule has 28 heavy (non-hydrogen) atoms. The summed E-state index contributed by atoms with van der Waals surface area (Å²) in [5.74, 6) is 0.0686. The van der Waals surface area contributed by atoms with Gasteiger partial charge in [0.2, 0.25) is 0 Å². The number of carbonyl (C=O) groups excluding carboxylic acids is 1. The average Bonchev–Trinajstić information content (AvgIpc) is 3.00. The Morgan fingerprint density at radius 2 is 1.50 bits per heavy atom. The molecule has 1 amide bonds. The molecule has 1 aliphatic carbocycles. The summed E-state index contributed by atoms with van der Waals surface area (Å²) in [6.07, 6.45) is -0.423. The molecule has 142 valence electrons. The Hall–Kier alpha value is -3.07. The van der Waals surface area contributed by atoms with Crippen LogP contribution in [0.1, 0.15) is 43.4 Å². The van der Waals surface area contributed by atoms with Crippen LogP contribution in [0.5, 0.6) is 0 Å². The minimum Gasteiger partial charge on any atom is -0.448 e. The number of rotatable bonds is 3. The van der Waals surface area contributed by atoms with E-state index in [1.165, 1.54) is 27.8 Å². The fourth-order valence-electron chi connectivity index (χ4n) is 3.82. The van der Waals surface area contributed by atoms with Crippen LogP contribution in [0, 0.1) is 0 Å². The SMILES string of the molecule is CC(C)(C)c1cccc(NC(=O)OCC2c3ccccc3-c3ccccc32)c1. The van der Waals surface area contributed by atoms with Gasteiger partial charge in [0.15, 0.2) is 0 Å². The highest BCUT2D eigenvalue weighted by atomic mass is 16.5. The van der Waals surface area contributed by atoms with Crippen LogP contribution < -0.4 is 5.32 Å². The topological polar surface area (TPSA) is 38.3 Å². The smallest absolute Gasteiger partial charge is 0.411 e. The van der Waals surface area contributed by atoms with Crippen molar-refractivity contribution in [1.82, 2.24) is 0 Å². The summed E-state index contributed by atoms with van der Waals surface area (Å²) < 4.78 is 5.62. The molecule has 3 nitrogen and oxygen atoms in total. The molecule has 0 spiro atoms. The van der Waals surface area contributed by atoms with Crippen molar-refractivity contribution < 1.29 is 9.53 Å². The third-order valence-corrected chi connectivity index (χ3v) is 5.32. The second-order valence-electron chi connectivity index (χ2n) is 8.28. The Morgan fingerprint density at radius 1 is 0.893 bits per heavy atom. The van der Waals surface area contributed by atoms with E-state index in [0.717, 1.165) is 5.69 Å². The van der Waals surface area contributed by atoms with E-state index >= 15 is 0 Å². The van der Waals surface area contributed by atoms with Gasteiger partial charge in [-0.05, 0) is 45.4 Å². The van der Waals surface area contributed by atoms with Crippen LogP contribution in [0.3, 0.4) is 0 Å². The molecule has 0 heterocycles. The normalized spacial score (nSPS) is 13.0. The van der Waals surface area contributed by atoms with Crippen LogP contribution in [0.4, 0.5) is 10.5 Å². The Balaban J connectivity index is 1.47. The van der Waals surface area contributed by atoms with E-state index < -0.39 is 6.09 Å². The molecule has 0 saturated carbocycles. The minimum absolute atomic E-state index is 0.0266. The molecular formula is C25H25NO2. The molecule has 0 bridgehead atoms. The Labute approximate surface area is 166 Å². The zero-order valence-electron chi connectivity index (χ0n) is 16.5. The summed E-state index contributed by atoms with van der Waals surface area (Å²) in [7, 11) is 0. The third kappa shape index (κ3) is 3.53. The van der Waals surface area contributed by atoms with Gasteiger partial charge in [-0.1, -0.05) is 81.4 Å². The maximum atomic E-state index is 12.4. The first kappa shape index (κ1) is 18.3. The summed E-state index contributed by atoms with van der Waals surface area (Å²) in [6, 6.07) is 24.6. The molecule has 0 aliphatic heterocycles. The van der Waals surface area contributed by atoms with E-state index in [2.05, 4.69) is 56.4 Å². The standard InChI is InChI=1S/C25H25NO2/c1-25(2,3)17-9-8-10-18(15-17)26-24(27)28-16-23-21-13-6-4-11-19(21)20-12-5-7-14-22(20)23/h4-15,23H,16H2,1-3H3,(H,26,27). The van der Waals surface area contributed by atoms with Gasteiger partial charge in [0, 0.05) is 11.6 Å². The number of amides is 1. The molecule has 1 N–H and O–H groups in total. The van der Waals surface area contributed by atoms with Crippen LogP contribution in [0.15, 0.2) is 72.8 Å². The van der Waals surface area contributed by atoms with Crippen LogP contribution in [0.25, 0.3) is 11.1 Å². The Bertz CT molecular complexity index is 971. The number of nitrogens with one attached hydrogen (secondary N) is 1. The van der Waals surface area contributed by atoms with Crippen LogP contribution in [-0.2, 0) is 10.2 Å². The molecule has 0 fully saturated rings. The van der Waals surface area contributed by atoms with Crippen molar-refractivity contribution in [2.75, 3.05) is 11.9 Å². The van der Waals surface area contributed by atoms with Crippen molar-refractivity contribution in [3.05, 3.63) is 89.5 Å². The molecule has 0 saturated heterocycles. The molecule has 1 aliphatic rings. The predicted octanol–water partition coefficient (Wildman–Crippen LogP) is 6.35. The van der Waals surface area contributed by atoms with E-state index in [-0.39, 0.29) is 11.3 Å². The summed E-state index contributed by atoms with van der Waals surface area (Å²) in [6.45, 7) is 6.77. The maximum absolute atomic E-state index is 12.4. The fraction of sp³-hybridized carbons (Fsp3) is 0.240. The van der Waals surface area contributed by atoms with Crippen LogP contribution >= 0.6 is 0 Å². The summed E-state index contributed by atoms with van der Waals surface area (Å²) >= 11 is 0. The first-order valence-corrected chi connectivity index (χ1v) is 9.66. The molecule has 0 atom stereocenters. The van der Waals surface area contributed by atoms with E-state index in [4.69, 9.17) is 4.74 Å². The molecular weight excluding hydrogens is 346 g/mol. The number of carbonyl (C=O) groups is 1. The van der Waals surface area contributed by atoms with Gasteiger partial charge in [-0.3, -0.25) is 5.32 Å². The monoisotopic (exact) mass is 371 g/mol. The predicted molar refractivity (Wildman–Crippen MR) is 114 cm³/mol. The highest BCUT2D eigenvalue weighted by Crippen LogP contribution is 2.44. The van der Waals surface area contributed by atoms with Gasteiger partial charge in [0.25, 0.3) is 0 Å². The van der Waals surface area contributed by atoms with Gasteiger partial charge in [0.1, 0.15) is 6.61 Å². The van der Waals surface area contributed by atoms with Crippen molar-refractivity contribution in [3.8, 4) is 11.1 Å². The lowest BCUT2D eigenvalue weighted by Gasteiger charge is -2.20. The number of fused-ring (bicyclic) bond motifs is 3. The van der Waals surface area contributed by atoms with Gasteiger partial charge < -0.3 is 4.74 Å². The van der Waals surface area contributed by atoms with Gasteiger partial charge in [-0.2, -0.15) is 0 Å². The van der Waals surface area contributed by atoms with E-state index in [1.54, 1.807) is 0 Å². The number of anilines is 1. The van der Waals surface area contributed by atoms with Crippen LogP contribution in [0.2, 0.25) is 0 Å². The highest BCUT2D eigenvalue weighted by Gasteiger charge is 2.29. The average molecular weight is 371 g/mol. The van der Waals surface area contributed by atoms with Gasteiger partial charge >= 0.3 is 6.09 Å². The first-order chi connectivity index (χ1) is 13.4. The lowest BCUT2D eigenvalue weighted by Crippen LogP contribution is -2.18. The lowest BCUT2D eigenvalue weighted by atomic mass is 9.87. The van der Waals surface area contributed by atoms with E-state index in [1.807, 2.05) is 42.5 Å². The summed E-state index contributed by atoms with van der Waals surface area (Å²) in [5, 5.41) is 2.87. The molecule has 3 aromatic rings. The Kier molecular flexibility index (Phi) is 4.68. The number of hydrogen-bond acceptors (Lipinski definition) is 2. The van der Waals surface area contributed by atoms with Crippen molar-refractivity contribution in [2.45, 2.75) is 32.1 Å². The third-order valence-electron chi connectivity index (χ3n) is 5.32. The number of benzene rings is 3. The van der Waals surface area contributed by atoms with Crippen molar-refractivity contribution in [2.24, 2.45) is 0 Å². The summed E-state index contributed by atoms with van der Waals surface area (Å²) in [4.78, 5) is 12.4. The zero-order valence-corrected chi connectivity index (χ0v) is 16.5. The molecule has 4 rings (SSSR count). The second kappa shape index (κ2) is 7.16. The Morgan fingerprint density at radius 3 is 2.11 bits per heavy atom. The molecule has 0 aromatic heterocycles. The van der Waals surface area contributed by atoms with Crippen molar-refractivity contribution in [1.29, 1.82) is 0 Å². The van der Waals surface area contributed by atoms with Crippen molar-refractivity contribution >= 4 is 11.8 Å². The van der Waals surface area contributed by atoms with E-state index in [9.17, 15) is 4.79 Å². The largest absolute Gasteiger partial charge is 0.448 e. The highest BCUT2D eigenvalue weighted by molar-refractivity contribution is 5.85. The molecule has 3 heteroatoms. The molecule has 0 radical (unpaired) electrons. The maximum Gasteiger partial charge on any atom is 0.411 e. The van der Waals surface area contributed by atoms with E-state index in [0.29, 0.717) is 6.61 Å². The molecule has 0 unspecified atom stereocenters. The number of hydrogen-bond donors (Lipinski definition) is 1. The zero-order chi connectivity index (χ0) is 19.7. The van der Waals surface area contributed by atoms with Gasteiger partial charge in [-0.25, -0.2) is 4.79 Å². The quantitative estimate of drug-likeness (QED) is 0.583.